The number of rotatable bonds is 15. The second-order valence-corrected chi connectivity index (χ2v) is 10.8. The van der Waals surface area contributed by atoms with E-state index in [1.165, 1.54) is 43.9 Å². The number of hydrogen-bond donors (Lipinski definition) is 3. The van der Waals surface area contributed by atoms with Gasteiger partial charge in [0.05, 0.1) is 0 Å². The monoisotopic (exact) mass is 589 g/mol. The first-order valence-electron chi connectivity index (χ1n) is 12.5. The van der Waals surface area contributed by atoms with Crippen molar-refractivity contribution in [2.45, 2.75) is 57.8 Å². The van der Waals surface area contributed by atoms with Crippen LogP contribution >= 0.6 is 11.8 Å². The number of aliphatic carboxylic acids is 1. The zero-order valence-electron chi connectivity index (χ0n) is 24.5. The predicted octanol–water partition coefficient (Wildman–Crippen LogP) is 0.762. The third-order valence-corrected chi connectivity index (χ3v) is 6.08. The van der Waals surface area contributed by atoms with Gasteiger partial charge in [-0.25, -0.2) is 9.59 Å². The standard InChI is InChI=1S/C25H43N5O9S/c1-10-12-38-24(37)30(8)17(11-2)22(35)29(7)18(15-40-9)21(34)28(6)14-16(20(33)26-13-19(31)32)27-23(36)39-25(3,4)5/h10,16-18H,1,11-15H2,2-9H3,(H,26,33)(H,27,36)(H,31,32)/t16-,17-,18+/m1/s1. The maximum Gasteiger partial charge on any atom is 0.410 e. The van der Waals surface area contributed by atoms with Gasteiger partial charge in [-0.15, -0.1) is 0 Å². The molecule has 0 bridgehead atoms. The first kappa shape index (κ1) is 36.5. The summed E-state index contributed by atoms with van der Waals surface area (Å²) in [4.78, 5) is 78.7. The van der Waals surface area contributed by atoms with Crippen molar-refractivity contribution in [2.24, 2.45) is 0 Å². The zero-order valence-corrected chi connectivity index (χ0v) is 25.3. The minimum atomic E-state index is -1.35. The molecule has 3 N–H and O–H groups in total. The highest BCUT2D eigenvalue weighted by atomic mass is 32.2. The van der Waals surface area contributed by atoms with E-state index in [1.807, 2.05) is 0 Å². The summed E-state index contributed by atoms with van der Waals surface area (Å²) in [6.07, 6.45) is 1.75. The van der Waals surface area contributed by atoms with E-state index in [0.717, 1.165) is 9.80 Å². The number of carbonyl (C=O) groups excluding carboxylic acids is 5. The van der Waals surface area contributed by atoms with Crippen LogP contribution in [0.15, 0.2) is 12.7 Å². The lowest BCUT2D eigenvalue weighted by molar-refractivity contribution is -0.146. The highest BCUT2D eigenvalue weighted by Crippen LogP contribution is 2.15. The third-order valence-electron chi connectivity index (χ3n) is 5.43. The zero-order chi connectivity index (χ0) is 31.2. The van der Waals surface area contributed by atoms with E-state index in [4.69, 9.17) is 14.6 Å². The van der Waals surface area contributed by atoms with Crippen LogP contribution in [0.5, 0.6) is 0 Å². The van der Waals surface area contributed by atoms with Gasteiger partial charge in [0, 0.05) is 33.4 Å². The van der Waals surface area contributed by atoms with Crippen LogP contribution < -0.4 is 10.6 Å². The Morgan fingerprint density at radius 1 is 1.02 bits per heavy atom. The van der Waals surface area contributed by atoms with Crippen LogP contribution in [-0.4, -0.2) is 132 Å². The molecule has 15 heteroatoms. The first-order chi connectivity index (χ1) is 18.5. The molecule has 0 aromatic rings. The van der Waals surface area contributed by atoms with Gasteiger partial charge < -0.3 is 35.0 Å². The van der Waals surface area contributed by atoms with Crippen molar-refractivity contribution < 1.29 is 43.3 Å². The molecule has 0 aliphatic carbocycles. The SMILES string of the molecule is C=CCOC(=O)N(C)[C@H](CC)C(=O)N(C)[C@@H](CSC)C(=O)N(C)C[C@@H](NC(=O)OC(C)(C)C)C(=O)NCC(=O)O. The molecule has 0 heterocycles. The average molecular weight is 590 g/mol. The van der Waals surface area contributed by atoms with Gasteiger partial charge in [0.1, 0.15) is 36.9 Å². The molecule has 0 aromatic carbocycles. The van der Waals surface area contributed by atoms with E-state index < -0.39 is 66.1 Å². The van der Waals surface area contributed by atoms with Crippen LogP contribution in [0.3, 0.4) is 0 Å². The van der Waals surface area contributed by atoms with E-state index in [2.05, 4.69) is 17.2 Å². The van der Waals surface area contributed by atoms with Crippen molar-refractivity contribution in [2.75, 3.05) is 52.8 Å². The fraction of sp³-hybridized carbons (Fsp3) is 0.680. The van der Waals surface area contributed by atoms with Crippen LogP contribution in [0, 0.1) is 0 Å². The fourth-order valence-corrected chi connectivity index (χ4v) is 4.10. The molecule has 40 heavy (non-hydrogen) atoms. The molecule has 0 rings (SSSR count). The van der Waals surface area contributed by atoms with Crippen LogP contribution in [-0.2, 0) is 28.7 Å². The summed E-state index contributed by atoms with van der Waals surface area (Å²) in [5.41, 5.74) is -0.874. The minimum Gasteiger partial charge on any atom is -0.480 e. The van der Waals surface area contributed by atoms with Gasteiger partial charge in [-0.3, -0.25) is 24.1 Å². The molecule has 0 radical (unpaired) electrons. The maximum atomic E-state index is 13.5. The number of carbonyl (C=O) groups is 6. The van der Waals surface area contributed by atoms with Gasteiger partial charge in [-0.1, -0.05) is 19.6 Å². The minimum absolute atomic E-state index is 0.0272. The summed E-state index contributed by atoms with van der Waals surface area (Å²) >= 11 is 1.31. The molecule has 0 fully saturated rings. The summed E-state index contributed by atoms with van der Waals surface area (Å²) in [5, 5.41) is 13.5. The Bertz CT molecular complexity index is 925. The van der Waals surface area contributed by atoms with Crippen LogP contribution in [0.2, 0.25) is 0 Å². The number of ether oxygens (including phenoxy) is 2. The van der Waals surface area contributed by atoms with Crippen molar-refractivity contribution >= 4 is 47.6 Å². The Labute approximate surface area is 239 Å². The molecule has 0 saturated carbocycles. The largest absolute Gasteiger partial charge is 0.480 e. The Morgan fingerprint density at radius 3 is 2.10 bits per heavy atom. The molecule has 0 aromatic heterocycles. The van der Waals surface area contributed by atoms with Gasteiger partial charge in [-0.2, -0.15) is 11.8 Å². The molecule has 0 aliphatic heterocycles. The molecule has 5 amide bonds. The number of carboxylic acid groups (broad SMARTS) is 1. The summed E-state index contributed by atoms with van der Waals surface area (Å²) in [6, 6.07) is -3.25. The van der Waals surface area contributed by atoms with E-state index in [9.17, 15) is 28.8 Å². The lowest BCUT2D eigenvalue weighted by Gasteiger charge is -2.35. The Kier molecular flexibility index (Phi) is 15.7. The van der Waals surface area contributed by atoms with Crippen molar-refractivity contribution in [1.82, 2.24) is 25.3 Å². The Balaban J connectivity index is 5.86. The van der Waals surface area contributed by atoms with Gasteiger partial charge >= 0.3 is 18.2 Å². The molecule has 3 atom stereocenters. The fourth-order valence-electron chi connectivity index (χ4n) is 3.42. The average Bonchev–Trinajstić information content (AvgIpc) is 2.86. The quantitative estimate of drug-likeness (QED) is 0.231. The molecule has 0 saturated heterocycles. The third kappa shape index (κ3) is 12.6. The van der Waals surface area contributed by atoms with Crippen molar-refractivity contribution in [3.05, 3.63) is 12.7 Å². The summed E-state index contributed by atoms with van der Waals surface area (Å²) in [6.45, 7) is 9.01. The number of likely N-dealkylation sites (N-methyl/N-ethyl adjacent to an activating group) is 3. The smallest absolute Gasteiger partial charge is 0.410 e. The lowest BCUT2D eigenvalue weighted by atomic mass is 10.1. The van der Waals surface area contributed by atoms with E-state index in [1.54, 1.807) is 34.0 Å². The van der Waals surface area contributed by atoms with E-state index >= 15 is 0 Å². The van der Waals surface area contributed by atoms with Crippen LogP contribution in [0.1, 0.15) is 34.1 Å². The molecular weight excluding hydrogens is 546 g/mol. The van der Waals surface area contributed by atoms with Gasteiger partial charge in [0.2, 0.25) is 17.7 Å². The van der Waals surface area contributed by atoms with E-state index in [-0.39, 0.29) is 25.3 Å². The second-order valence-electron chi connectivity index (χ2n) is 9.85. The number of nitrogens with zero attached hydrogens (tertiary/aromatic N) is 3. The topological polar surface area (TPSA) is 175 Å². The Morgan fingerprint density at radius 2 is 1.62 bits per heavy atom. The molecule has 0 unspecified atom stereocenters. The summed E-state index contributed by atoms with van der Waals surface area (Å²) in [5.74, 6) is -2.98. The highest BCUT2D eigenvalue weighted by Gasteiger charge is 2.36. The molecule has 0 aliphatic rings. The number of alkyl carbamates (subject to hydrolysis) is 1. The van der Waals surface area contributed by atoms with Crippen molar-refractivity contribution in [1.29, 1.82) is 0 Å². The lowest BCUT2D eigenvalue weighted by Crippen LogP contribution is -2.58. The van der Waals surface area contributed by atoms with Gasteiger partial charge in [0.15, 0.2) is 0 Å². The number of carboxylic acids is 1. The number of nitrogens with one attached hydrogen (secondary N) is 2. The maximum absolute atomic E-state index is 13.5. The highest BCUT2D eigenvalue weighted by molar-refractivity contribution is 7.98. The van der Waals surface area contributed by atoms with Gasteiger partial charge in [-0.05, 0) is 33.4 Å². The molecule has 228 valence electrons. The second kappa shape index (κ2) is 17.3. The van der Waals surface area contributed by atoms with Crippen LogP contribution in [0.4, 0.5) is 9.59 Å². The number of amides is 5. The molecule has 14 nitrogen and oxygen atoms in total. The first-order valence-corrected chi connectivity index (χ1v) is 13.9. The van der Waals surface area contributed by atoms with Crippen LogP contribution in [0.25, 0.3) is 0 Å². The Hall–Kier alpha value is -3.49. The summed E-state index contributed by atoms with van der Waals surface area (Å²) in [7, 11) is 4.25. The predicted molar refractivity (Wildman–Crippen MR) is 150 cm³/mol. The van der Waals surface area contributed by atoms with Crippen molar-refractivity contribution in [3.8, 4) is 0 Å². The number of hydrogen-bond acceptors (Lipinski definition) is 9. The van der Waals surface area contributed by atoms with Gasteiger partial charge in [0.25, 0.3) is 0 Å². The molecule has 0 spiro atoms. The normalized spacial score (nSPS) is 13.1. The van der Waals surface area contributed by atoms with Crippen molar-refractivity contribution in [3.63, 3.8) is 0 Å². The molecular formula is C25H43N5O9S. The number of thioether (sulfide) groups is 1. The summed E-state index contributed by atoms with van der Waals surface area (Å²) < 4.78 is 10.2. The van der Waals surface area contributed by atoms with E-state index in [0.29, 0.717) is 0 Å².